The van der Waals surface area contributed by atoms with Gasteiger partial charge in [-0.25, -0.2) is 4.89 Å². The number of rotatable bonds is 3. The Balaban J connectivity index is 2.14. The van der Waals surface area contributed by atoms with E-state index in [9.17, 15) is 9.90 Å². The maximum Gasteiger partial charge on any atom is 0.206 e. The molecule has 1 aliphatic rings. The molecular weight excluding hydrogens is 452 g/mol. The Morgan fingerprint density at radius 2 is 1.44 bits per heavy atom. The molecule has 0 radical (unpaired) electrons. The normalized spacial score (nSPS) is 25.6. The van der Waals surface area contributed by atoms with Crippen LogP contribution in [0.1, 0.15) is 31.4 Å². The van der Waals surface area contributed by atoms with Crippen molar-refractivity contribution in [2.75, 3.05) is 0 Å². The fourth-order valence-electron chi connectivity index (χ4n) is 3.18. The fraction of sp³-hybridized carbons (Fsp3) is 0.316. The number of hydrogen-bond donors (Lipinski definition) is 1. The third kappa shape index (κ3) is 3.59. The van der Waals surface area contributed by atoms with E-state index in [-0.39, 0.29) is 12.2 Å². The summed E-state index contributed by atoms with van der Waals surface area (Å²) in [7, 11) is 0. The van der Waals surface area contributed by atoms with Crippen LogP contribution in [0.5, 0.6) is 0 Å². The monoisotopic (exact) mass is 468 g/mol. The smallest absolute Gasteiger partial charge is 0.206 e. The lowest BCUT2D eigenvalue weighted by atomic mass is 9.75. The standard InChI is InChI=1S/C19H18Br2O4/c1-12(22)17-11-19(25-24-18(17,2)23,13-3-7-15(20)8-4-13)14-5-9-16(21)10-6-14/h3-10,17,23H,11H2,1-2H3. The molecule has 0 saturated carbocycles. The summed E-state index contributed by atoms with van der Waals surface area (Å²) in [4.78, 5) is 23.3. The molecule has 0 spiro atoms. The molecule has 0 aliphatic carbocycles. The van der Waals surface area contributed by atoms with E-state index in [1.54, 1.807) is 0 Å². The molecule has 0 bridgehead atoms. The quantitative estimate of drug-likeness (QED) is 0.660. The number of Topliss-reactive ketones (excluding diaryl/α,β-unsaturated/α-hetero) is 1. The number of carbonyl (C=O) groups is 1. The summed E-state index contributed by atoms with van der Waals surface area (Å²) in [5, 5.41) is 10.4. The van der Waals surface area contributed by atoms with Gasteiger partial charge < -0.3 is 5.11 Å². The van der Waals surface area contributed by atoms with Crippen molar-refractivity contribution < 1.29 is 19.7 Å². The molecule has 1 heterocycles. The molecule has 3 rings (SSSR count). The Bertz CT molecular complexity index is 724. The first-order chi connectivity index (χ1) is 11.7. The van der Waals surface area contributed by atoms with Crippen molar-refractivity contribution in [2.24, 2.45) is 5.92 Å². The molecule has 132 valence electrons. The molecule has 0 amide bonds. The summed E-state index contributed by atoms with van der Waals surface area (Å²) < 4.78 is 1.88. The molecule has 25 heavy (non-hydrogen) atoms. The molecule has 1 saturated heterocycles. The molecule has 6 heteroatoms. The van der Waals surface area contributed by atoms with Gasteiger partial charge in [0.15, 0.2) is 5.60 Å². The molecule has 2 unspecified atom stereocenters. The van der Waals surface area contributed by atoms with Crippen LogP contribution in [0.25, 0.3) is 0 Å². The van der Waals surface area contributed by atoms with Crippen LogP contribution in [0.2, 0.25) is 0 Å². The number of halogens is 2. The highest BCUT2D eigenvalue weighted by atomic mass is 79.9. The molecule has 1 fully saturated rings. The Hall–Kier alpha value is -1.05. The number of hydrogen-bond acceptors (Lipinski definition) is 4. The van der Waals surface area contributed by atoms with Crippen molar-refractivity contribution in [3.05, 3.63) is 68.6 Å². The van der Waals surface area contributed by atoms with Crippen LogP contribution in [-0.2, 0) is 20.2 Å². The highest BCUT2D eigenvalue weighted by Crippen LogP contribution is 2.47. The highest BCUT2D eigenvalue weighted by Gasteiger charge is 2.52. The van der Waals surface area contributed by atoms with Crippen LogP contribution in [0.15, 0.2) is 57.5 Å². The van der Waals surface area contributed by atoms with E-state index in [1.165, 1.54) is 13.8 Å². The van der Waals surface area contributed by atoms with Gasteiger partial charge in [0, 0.05) is 15.4 Å². The molecule has 2 atom stereocenters. The summed E-state index contributed by atoms with van der Waals surface area (Å²) in [6.07, 6.45) is 0.276. The predicted octanol–water partition coefficient (Wildman–Crippen LogP) is 4.72. The van der Waals surface area contributed by atoms with Gasteiger partial charge in [0.2, 0.25) is 5.79 Å². The first-order valence-corrected chi connectivity index (χ1v) is 9.45. The van der Waals surface area contributed by atoms with E-state index in [4.69, 9.17) is 9.78 Å². The minimum atomic E-state index is -1.67. The zero-order valence-electron chi connectivity index (χ0n) is 13.8. The molecular formula is C19H18Br2O4. The summed E-state index contributed by atoms with van der Waals surface area (Å²) in [5.41, 5.74) is 0.708. The maximum atomic E-state index is 12.2. The molecule has 1 N–H and O–H groups in total. The second kappa shape index (κ2) is 6.93. The van der Waals surface area contributed by atoms with Crippen molar-refractivity contribution in [3.8, 4) is 0 Å². The third-order valence-corrected chi connectivity index (χ3v) is 5.66. The van der Waals surface area contributed by atoms with Crippen molar-refractivity contribution in [3.63, 3.8) is 0 Å². The van der Waals surface area contributed by atoms with E-state index >= 15 is 0 Å². The van der Waals surface area contributed by atoms with E-state index in [0.717, 1.165) is 20.1 Å². The van der Waals surface area contributed by atoms with E-state index in [0.29, 0.717) is 0 Å². The zero-order chi connectivity index (χ0) is 18.2. The number of benzene rings is 2. The van der Waals surface area contributed by atoms with Gasteiger partial charge in [0.05, 0.1) is 5.92 Å². The van der Waals surface area contributed by atoms with Gasteiger partial charge >= 0.3 is 0 Å². The Labute approximate surface area is 163 Å². The van der Waals surface area contributed by atoms with Gasteiger partial charge in [-0.3, -0.25) is 4.79 Å². The fourth-order valence-corrected chi connectivity index (χ4v) is 3.71. The van der Waals surface area contributed by atoms with Gasteiger partial charge in [-0.1, -0.05) is 56.1 Å². The first kappa shape index (κ1) is 18.7. The van der Waals surface area contributed by atoms with Crippen LogP contribution < -0.4 is 0 Å². The molecule has 2 aromatic carbocycles. The van der Waals surface area contributed by atoms with Crippen molar-refractivity contribution in [1.82, 2.24) is 0 Å². The van der Waals surface area contributed by atoms with Crippen LogP contribution in [0, 0.1) is 5.92 Å². The van der Waals surface area contributed by atoms with Crippen LogP contribution >= 0.6 is 31.9 Å². The molecule has 0 aromatic heterocycles. The molecule has 4 nitrogen and oxygen atoms in total. The van der Waals surface area contributed by atoms with Gasteiger partial charge in [-0.15, -0.1) is 0 Å². The van der Waals surface area contributed by atoms with Gasteiger partial charge in [-0.05, 0) is 49.2 Å². The average molecular weight is 470 g/mol. The summed E-state index contributed by atoms with van der Waals surface area (Å²) in [6.45, 7) is 2.91. The molecule has 1 aliphatic heterocycles. The van der Waals surface area contributed by atoms with Crippen molar-refractivity contribution in [2.45, 2.75) is 31.7 Å². The minimum absolute atomic E-state index is 0.146. The molecule has 2 aromatic rings. The number of aliphatic hydroxyl groups is 1. The van der Waals surface area contributed by atoms with Gasteiger partial charge in [0.25, 0.3) is 0 Å². The van der Waals surface area contributed by atoms with Crippen LogP contribution in [-0.4, -0.2) is 16.7 Å². The lowest BCUT2D eigenvalue weighted by Gasteiger charge is -2.45. The lowest BCUT2D eigenvalue weighted by molar-refractivity contribution is -0.487. The SMILES string of the molecule is CC(=O)C1CC(c2ccc(Br)cc2)(c2ccc(Br)cc2)OOC1(C)O. The summed E-state index contributed by atoms with van der Waals surface area (Å²) >= 11 is 6.87. The van der Waals surface area contributed by atoms with E-state index in [1.807, 2.05) is 48.5 Å². The Morgan fingerprint density at radius 3 is 1.84 bits per heavy atom. The highest BCUT2D eigenvalue weighted by molar-refractivity contribution is 9.10. The zero-order valence-corrected chi connectivity index (χ0v) is 17.0. The van der Waals surface area contributed by atoms with E-state index < -0.39 is 17.3 Å². The lowest BCUT2D eigenvalue weighted by Crippen LogP contribution is -2.53. The summed E-state index contributed by atoms with van der Waals surface area (Å²) in [5.74, 6) is -2.53. The first-order valence-electron chi connectivity index (χ1n) is 7.86. The second-order valence-electron chi connectivity index (χ2n) is 6.43. The average Bonchev–Trinajstić information content (AvgIpc) is 2.56. The van der Waals surface area contributed by atoms with Gasteiger partial charge in [0.1, 0.15) is 5.78 Å². The number of carbonyl (C=O) groups excluding carboxylic acids is 1. The van der Waals surface area contributed by atoms with Crippen LogP contribution in [0.3, 0.4) is 0 Å². The van der Waals surface area contributed by atoms with Crippen LogP contribution in [0.4, 0.5) is 0 Å². The summed E-state index contributed by atoms with van der Waals surface area (Å²) in [6, 6.07) is 15.3. The Kier molecular flexibility index (Phi) is 5.19. The largest absolute Gasteiger partial charge is 0.363 e. The van der Waals surface area contributed by atoms with E-state index in [2.05, 4.69) is 31.9 Å². The topological polar surface area (TPSA) is 55.8 Å². The number of ketones is 1. The third-order valence-electron chi connectivity index (χ3n) is 4.60. The van der Waals surface area contributed by atoms with Gasteiger partial charge in [-0.2, -0.15) is 4.89 Å². The maximum absolute atomic E-state index is 12.2. The van der Waals surface area contributed by atoms with Crippen molar-refractivity contribution in [1.29, 1.82) is 0 Å². The predicted molar refractivity (Wildman–Crippen MR) is 101 cm³/mol. The minimum Gasteiger partial charge on any atom is -0.363 e. The second-order valence-corrected chi connectivity index (χ2v) is 8.26. The van der Waals surface area contributed by atoms with Crippen molar-refractivity contribution >= 4 is 37.6 Å². The Morgan fingerprint density at radius 1 is 1.00 bits per heavy atom.